The van der Waals surface area contributed by atoms with Gasteiger partial charge in [-0.1, -0.05) is 11.6 Å². The maximum atomic E-state index is 11.7. The highest BCUT2D eigenvalue weighted by Gasteiger charge is 2.22. The Labute approximate surface area is 102 Å². The van der Waals surface area contributed by atoms with Gasteiger partial charge in [-0.15, -0.1) is 0 Å². The fourth-order valence-corrected chi connectivity index (χ4v) is 1.26. The minimum atomic E-state index is -0.720. The highest BCUT2D eigenvalue weighted by Crippen LogP contribution is 2.20. The molecule has 17 heavy (non-hydrogen) atoms. The Hall–Kier alpha value is -1.73. The van der Waals surface area contributed by atoms with E-state index < -0.39 is 22.6 Å². The molecule has 1 atom stereocenters. The van der Waals surface area contributed by atoms with Gasteiger partial charge in [0.1, 0.15) is 16.9 Å². The Balaban J connectivity index is 3.06. The van der Waals surface area contributed by atoms with Crippen molar-refractivity contribution in [1.29, 1.82) is 0 Å². The molecule has 0 fully saturated rings. The minimum Gasteiger partial charge on any atom is -0.394 e. The molecule has 0 saturated carbocycles. The van der Waals surface area contributed by atoms with E-state index in [4.69, 9.17) is 16.7 Å². The lowest BCUT2D eigenvalue weighted by Gasteiger charge is -2.10. The first-order valence-electron chi connectivity index (χ1n) is 4.67. The quantitative estimate of drug-likeness (QED) is 0.472. The average molecular weight is 260 g/mol. The second kappa shape index (κ2) is 5.55. The highest BCUT2D eigenvalue weighted by atomic mass is 35.5. The number of aliphatic hydroxyl groups excluding tert-OH is 1. The molecule has 1 heterocycles. The molecule has 1 aromatic heterocycles. The van der Waals surface area contributed by atoms with Gasteiger partial charge in [-0.05, 0) is 13.0 Å². The highest BCUT2D eigenvalue weighted by molar-refractivity contribution is 6.29. The number of nitrogens with one attached hydrogen (secondary N) is 1. The number of aliphatic hydroxyl groups is 1. The van der Waals surface area contributed by atoms with E-state index in [1.807, 2.05) is 0 Å². The van der Waals surface area contributed by atoms with E-state index in [1.165, 1.54) is 0 Å². The summed E-state index contributed by atoms with van der Waals surface area (Å²) in [6.45, 7) is 1.30. The lowest BCUT2D eigenvalue weighted by Crippen LogP contribution is -2.35. The molecule has 0 radical (unpaired) electrons. The predicted octanol–water partition coefficient (Wildman–Crippen LogP) is 0.754. The zero-order valence-electron chi connectivity index (χ0n) is 8.88. The maximum absolute atomic E-state index is 11.7. The molecule has 0 spiro atoms. The molecule has 0 aliphatic carbocycles. The predicted molar refractivity (Wildman–Crippen MR) is 59.9 cm³/mol. The van der Waals surface area contributed by atoms with Crippen LogP contribution in [0.25, 0.3) is 0 Å². The Kier molecular flexibility index (Phi) is 4.36. The van der Waals surface area contributed by atoms with Crippen LogP contribution in [0.2, 0.25) is 5.15 Å². The van der Waals surface area contributed by atoms with E-state index in [0.29, 0.717) is 0 Å². The first-order valence-corrected chi connectivity index (χ1v) is 5.05. The van der Waals surface area contributed by atoms with Gasteiger partial charge in [0.2, 0.25) is 0 Å². The molecule has 8 heteroatoms. The molecular formula is C9H10ClN3O4. The standard InChI is InChI=1S/C9H10ClN3O4/c1-5(4-14)12-9(15)6-2-8(10)11-3-7(6)13(16)17/h2-3,5,14H,4H2,1H3,(H,12,15). The summed E-state index contributed by atoms with van der Waals surface area (Å²) >= 11 is 5.57. The van der Waals surface area contributed by atoms with Crippen LogP contribution >= 0.6 is 11.6 Å². The van der Waals surface area contributed by atoms with Crippen LogP contribution in [0, 0.1) is 10.1 Å². The first kappa shape index (κ1) is 13.3. The van der Waals surface area contributed by atoms with E-state index >= 15 is 0 Å². The van der Waals surface area contributed by atoms with E-state index in [9.17, 15) is 14.9 Å². The van der Waals surface area contributed by atoms with Crippen LogP contribution in [0.4, 0.5) is 5.69 Å². The number of nitro groups is 1. The number of amides is 1. The second-order valence-corrected chi connectivity index (χ2v) is 3.73. The zero-order valence-corrected chi connectivity index (χ0v) is 9.64. The van der Waals surface area contributed by atoms with Crippen LogP contribution in [-0.4, -0.2) is 33.6 Å². The van der Waals surface area contributed by atoms with Gasteiger partial charge in [0.25, 0.3) is 11.6 Å². The summed E-state index contributed by atoms with van der Waals surface area (Å²) in [5.74, 6) is -0.678. The van der Waals surface area contributed by atoms with Gasteiger partial charge >= 0.3 is 0 Å². The van der Waals surface area contributed by atoms with E-state index in [-0.39, 0.29) is 17.3 Å². The Morgan fingerprint density at radius 2 is 2.41 bits per heavy atom. The molecule has 0 bridgehead atoms. The molecule has 2 N–H and O–H groups in total. The van der Waals surface area contributed by atoms with Gasteiger partial charge in [0.15, 0.2) is 0 Å². The number of carbonyl (C=O) groups excluding carboxylic acids is 1. The van der Waals surface area contributed by atoms with Gasteiger partial charge < -0.3 is 10.4 Å². The van der Waals surface area contributed by atoms with Crippen LogP contribution in [-0.2, 0) is 0 Å². The molecule has 0 aromatic carbocycles. The number of hydrogen-bond acceptors (Lipinski definition) is 5. The molecule has 1 unspecified atom stereocenters. The normalized spacial score (nSPS) is 11.9. The topological polar surface area (TPSA) is 105 Å². The summed E-state index contributed by atoms with van der Waals surface area (Å²) in [7, 11) is 0. The van der Waals surface area contributed by atoms with Crippen LogP contribution < -0.4 is 5.32 Å². The van der Waals surface area contributed by atoms with E-state index in [2.05, 4.69) is 10.3 Å². The van der Waals surface area contributed by atoms with Crippen LogP contribution in [0.5, 0.6) is 0 Å². The number of pyridine rings is 1. The van der Waals surface area contributed by atoms with Gasteiger partial charge in [-0.2, -0.15) is 0 Å². The molecule has 92 valence electrons. The van der Waals surface area contributed by atoms with Crippen molar-refractivity contribution in [1.82, 2.24) is 10.3 Å². The lowest BCUT2D eigenvalue weighted by atomic mass is 10.2. The van der Waals surface area contributed by atoms with Crippen molar-refractivity contribution in [3.63, 3.8) is 0 Å². The van der Waals surface area contributed by atoms with Crippen molar-refractivity contribution in [2.45, 2.75) is 13.0 Å². The van der Waals surface area contributed by atoms with E-state index in [1.54, 1.807) is 6.92 Å². The third kappa shape index (κ3) is 3.36. The number of carbonyl (C=O) groups is 1. The largest absolute Gasteiger partial charge is 0.394 e. The zero-order chi connectivity index (χ0) is 13.0. The third-order valence-corrected chi connectivity index (χ3v) is 2.15. The van der Waals surface area contributed by atoms with Gasteiger partial charge in [0, 0.05) is 6.04 Å². The van der Waals surface area contributed by atoms with Crippen molar-refractivity contribution in [2.24, 2.45) is 0 Å². The maximum Gasteiger partial charge on any atom is 0.300 e. The smallest absolute Gasteiger partial charge is 0.300 e. The number of aromatic nitrogens is 1. The van der Waals surface area contributed by atoms with Crippen molar-refractivity contribution in [3.8, 4) is 0 Å². The van der Waals surface area contributed by atoms with Crippen LogP contribution in [0.15, 0.2) is 12.3 Å². The van der Waals surface area contributed by atoms with Crippen molar-refractivity contribution >= 4 is 23.2 Å². The Bertz CT molecular complexity index is 452. The summed E-state index contributed by atoms with van der Waals surface area (Å²) in [4.78, 5) is 25.2. The van der Waals surface area contributed by atoms with Gasteiger partial charge in [-0.25, -0.2) is 4.98 Å². The molecule has 1 aromatic rings. The Morgan fingerprint density at radius 3 is 2.94 bits per heavy atom. The summed E-state index contributed by atoms with van der Waals surface area (Å²) in [6.07, 6.45) is 0.918. The molecule has 7 nitrogen and oxygen atoms in total. The summed E-state index contributed by atoms with van der Waals surface area (Å²) in [5, 5.41) is 21.8. The minimum absolute atomic E-state index is 0.0163. The van der Waals surface area contributed by atoms with E-state index in [0.717, 1.165) is 12.3 Å². The van der Waals surface area contributed by atoms with Crippen molar-refractivity contribution in [2.75, 3.05) is 6.61 Å². The fraction of sp³-hybridized carbons (Fsp3) is 0.333. The average Bonchev–Trinajstić information content (AvgIpc) is 2.28. The molecular weight excluding hydrogens is 250 g/mol. The molecule has 0 aliphatic heterocycles. The molecule has 0 saturated heterocycles. The lowest BCUT2D eigenvalue weighted by molar-refractivity contribution is -0.385. The van der Waals surface area contributed by atoms with Crippen LogP contribution in [0.1, 0.15) is 17.3 Å². The SMILES string of the molecule is CC(CO)NC(=O)c1cc(Cl)ncc1[N+](=O)[O-]. The second-order valence-electron chi connectivity index (χ2n) is 3.34. The third-order valence-electron chi connectivity index (χ3n) is 1.94. The summed E-state index contributed by atoms with van der Waals surface area (Å²) in [6, 6.07) is 0.605. The van der Waals surface area contributed by atoms with Gasteiger partial charge in [-0.3, -0.25) is 14.9 Å². The van der Waals surface area contributed by atoms with Crippen molar-refractivity contribution < 1.29 is 14.8 Å². The molecule has 0 aliphatic rings. The Morgan fingerprint density at radius 1 is 1.76 bits per heavy atom. The summed E-state index contributed by atoms with van der Waals surface area (Å²) in [5.41, 5.74) is -0.618. The molecule has 1 rings (SSSR count). The number of hydrogen-bond donors (Lipinski definition) is 2. The fourth-order valence-electron chi connectivity index (χ4n) is 1.10. The number of halogens is 1. The number of rotatable bonds is 4. The van der Waals surface area contributed by atoms with Crippen molar-refractivity contribution in [3.05, 3.63) is 33.1 Å². The first-order chi connectivity index (χ1) is 7.95. The van der Waals surface area contributed by atoms with Crippen LogP contribution in [0.3, 0.4) is 0 Å². The summed E-state index contributed by atoms with van der Waals surface area (Å²) < 4.78 is 0. The number of nitrogens with zero attached hydrogens (tertiary/aromatic N) is 2. The monoisotopic (exact) mass is 259 g/mol. The molecule has 1 amide bonds. The van der Waals surface area contributed by atoms with Gasteiger partial charge in [0.05, 0.1) is 11.5 Å².